The van der Waals surface area contributed by atoms with Gasteiger partial charge in [-0.25, -0.2) is 0 Å². The first-order valence-electron chi connectivity index (χ1n) is 17.5. The molecular weight excluding hydrogens is 500 g/mol. The van der Waals surface area contributed by atoms with E-state index in [1.807, 2.05) is 0 Å². The summed E-state index contributed by atoms with van der Waals surface area (Å²) >= 11 is 3.52. The molecule has 0 fully saturated rings. The number of hydrogen-bond acceptors (Lipinski definition) is 0. The first kappa shape index (κ1) is 36.5. The van der Waals surface area contributed by atoms with E-state index >= 15 is 0 Å². The van der Waals surface area contributed by atoms with Gasteiger partial charge in [-0.05, 0) is 6.42 Å². The molecule has 0 unspecified atom stereocenters. The topological polar surface area (TPSA) is 0 Å². The van der Waals surface area contributed by atoms with Gasteiger partial charge in [0.05, 0.1) is 0 Å². The standard InChI is InChI=1S/C35H71Br/c1-2-3-4-5-6-7-8-9-10-11-12-13-14-15-16-17-18-19-20-21-22-23-24-25-26-27-28-29-30-31-32-33-34-35-36/h2-35H2,1H3. The summed E-state index contributed by atoms with van der Waals surface area (Å²) in [5, 5.41) is 1.19. The van der Waals surface area contributed by atoms with Gasteiger partial charge in [-0.1, -0.05) is 228 Å². The Bertz CT molecular complexity index is 319. The monoisotopic (exact) mass is 570 g/mol. The van der Waals surface area contributed by atoms with E-state index < -0.39 is 0 Å². The lowest BCUT2D eigenvalue weighted by molar-refractivity contribution is 0.512. The van der Waals surface area contributed by atoms with Gasteiger partial charge >= 0.3 is 0 Å². The third-order valence-electron chi connectivity index (χ3n) is 8.24. The predicted octanol–water partition coefficient (Wildman–Crippen LogP) is 14.3. The highest BCUT2D eigenvalue weighted by molar-refractivity contribution is 9.09. The van der Waals surface area contributed by atoms with Crippen molar-refractivity contribution in [2.45, 2.75) is 219 Å². The van der Waals surface area contributed by atoms with Crippen molar-refractivity contribution in [1.29, 1.82) is 0 Å². The van der Waals surface area contributed by atoms with E-state index in [9.17, 15) is 0 Å². The van der Waals surface area contributed by atoms with Crippen LogP contribution < -0.4 is 0 Å². The zero-order chi connectivity index (χ0) is 26.0. The van der Waals surface area contributed by atoms with Crippen LogP contribution >= 0.6 is 15.9 Å². The fraction of sp³-hybridized carbons (Fsp3) is 1.00. The summed E-state index contributed by atoms with van der Waals surface area (Å²) < 4.78 is 0. The third-order valence-corrected chi connectivity index (χ3v) is 8.80. The Labute approximate surface area is 239 Å². The Morgan fingerprint density at radius 2 is 0.361 bits per heavy atom. The molecule has 0 amide bonds. The maximum atomic E-state index is 3.52. The van der Waals surface area contributed by atoms with E-state index in [0.717, 1.165) is 0 Å². The van der Waals surface area contributed by atoms with Crippen LogP contribution in [0.25, 0.3) is 0 Å². The third kappa shape index (κ3) is 34.5. The van der Waals surface area contributed by atoms with Crippen molar-refractivity contribution in [1.82, 2.24) is 0 Å². The average Bonchev–Trinajstić information content (AvgIpc) is 2.89. The summed E-state index contributed by atoms with van der Waals surface area (Å²) in [7, 11) is 0. The van der Waals surface area contributed by atoms with Crippen LogP contribution in [0.5, 0.6) is 0 Å². The highest BCUT2D eigenvalue weighted by Crippen LogP contribution is 2.17. The molecule has 0 aliphatic heterocycles. The van der Waals surface area contributed by atoms with Crippen LogP contribution in [-0.4, -0.2) is 5.33 Å². The number of halogens is 1. The molecule has 0 saturated carbocycles. The van der Waals surface area contributed by atoms with E-state index in [0.29, 0.717) is 0 Å². The Kier molecular flexibility index (Phi) is 36.0. The van der Waals surface area contributed by atoms with Gasteiger partial charge in [0, 0.05) is 5.33 Å². The normalized spacial score (nSPS) is 11.5. The molecule has 0 heterocycles. The van der Waals surface area contributed by atoms with Gasteiger partial charge in [-0.15, -0.1) is 0 Å². The van der Waals surface area contributed by atoms with Crippen molar-refractivity contribution in [2.75, 3.05) is 5.33 Å². The van der Waals surface area contributed by atoms with Crippen LogP contribution in [-0.2, 0) is 0 Å². The maximum absolute atomic E-state index is 3.52. The van der Waals surface area contributed by atoms with Gasteiger partial charge < -0.3 is 0 Å². The second kappa shape index (κ2) is 35.5. The van der Waals surface area contributed by atoms with Gasteiger partial charge in [0.1, 0.15) is 0 Å². The van der Waals surface area contributed by atoms with Crippen molar-refractivity contribution in [3.8, 4) is 0 Å². The fourth-order valence-corrected chi connectivity index (χ4v) is 6.04. The molecule has 0 aromatic carbocycles. The van der Waals surface area contributed by atoms with Crippen LogP contribution in [0.3, 0.4) is 0 Å². The molecule has 0 saturated heterocycles. The number of hydrogen-bond donors (Lipinski definition) is 0. The summed E-state index contributed by atoms with van der Waals surface area (Å²) in [5.41, 5.74) is 0. The summed E-state index contributed by atoms with van der Waals surface area (Å²) in [6.45, 7) is 2.31. The van der Waals surface area contributed by atoms with Crippen molar-refractivity contribution in [3.05, 3.63) is 0 Å². The zero-order valence-corrected chi connectivity index (χ0v) is 27.0. The fourth-order valence-electron chi connectivity index (χ4n) is 5.65. The molecule has 0 N–H and O–H groups in total. The molecule has 0 atom stereocenters. The second-order valence-electron chi connectivity index (χ2n) is 12.0. The Morgan fingerprint density at radius 1 is 0.222 bits per heavy atom. The first-order chi connectivity index (χ1) is 17.9. The summed E-state index contributed by atoms with van der Waals surface area (Å²) in [4.78, 5) is 0. The lowest BCUT2D eigenvalue weighted by Crippen LogP contribution is -1.85. The first-order valence-corrected chi connectivity index (χ1v) is 18.6. The maximum Gasteiger partial charge on any atom is 0.00313 e. The number of alkyl halides is 1. The van der Waals surface area contributed by atoms with Crippen molar-refractivity contribution >= 4 is 15.9 Å². The highest BCUT2D eigenvalue weighted by Gasteiger charge is 1.97. The molecule has 0 aromatic rings. The minimum atomic E-state index is 1.19. The smallest absolute Gasteiger partial charge is 0.00313 e. The Balaban J connectivity index is 3.00. The second-order valence-corrected chi connectivity index (χ2v) is 12.8. The lowest BCUT2D eigenvalue weighted by atomic mass is 10.0. The highest BCUT2D eigenvalue weighted by atomic mass is 79.9. The molecule has 0 aliphatic rings. The largest absolute Gasteiger partial charge is 0.0928 e. The summed E-state index contributed by atoms with van der Waals surface area (Å²) in [6.07, 6.45) is 48.7. The zero-order valence-electron chi connectivity index (χ0n) is 25.4. The van der Waals surface area contributed by atoms with Crippen molar-refractivity contribution < 1.29 is 0 Å². The van der Waals surface area contributed by atoms with E-state index in [1.165, 1.54) is 217 Å². The summed E-state index contributed by atoms with van der Waals surface area (Å²) in [5.74, 6) is 0. The number of unbranched alkanes of at least 4 members (excludes halogenated alkanes) is 32. The molecule has 0 aromatic heterocycles. The predicted molar refractivity (Wildman–Crippen MR) is 172 cm³/mol. The molecule has 0 radical (unpaired) electrons. The van der Waals surface area contributed by atoms with E-state index in [4.69, 9.17) is 0 Å². The van der Waals surface area contributed by atoms with Gasteiger partial charge in [0.25, 0.3) is 0 Å². The quantitative estimate of drug-likeness (QED) is 0.0543. The van der Waals surface area contributed by atoms with E-state index in [1.54, 1.807) is 0 Å². The molecule has 36 heavy (non-hydrogen) atoms. The molecular formula is C35H71Br. The van der Waals surface area contributed by atoms with E-state index in [-0.39, 0.29) is 0 Å². The lowest BCUT2D eigenvalue weighted by Gasteiger charge is -2.05. The molecule has 0 nitrogen and oxygen atoms in total. The minimum absolute atomic E-state index is 1.19. The van der Waals surface area contributed by atoms with E-state index in [2.05, 4.69) is 22.9 Å². The molecule has 0 aliphatic carbocycles. The van der Waals surface area contributed by atoms with Crippen LogP contribution in [0.2, 0.25) is 0 Å². The SMILES string of the molecule is CCCCCCCCCCCCCCCCCCCCCCCCCCCCCCCCCCCBr. The van der Waals surface area contributed by atoms with Gasteiger partial charge in [-0.3, -0.25) is 0 Å². The van der Waals surface area contributed by atoms with Crippen molar-refractivity contribution in [3.63, 3.8) is 0 Å². The van der Waals surface area contributed by atoms with Gasteiger partial charge in [-0.2, -0.15) is 0 Å². The number of rotatable bonds is 33. The molecule has 0 rings (SSSR count). The minimum Gasteiger partial charge on any atom is -0.0928 e. The molecule has 0 spiro atoms. The van der Waals surface area contributed by atoms with Gasteiger partial charge in [0.2, 0.25) is 0 Å². The van der Waals surface area contributed by atoms with Crippen LogP contribution in [0, 0.1) is 0 Å². The average molecular weight is 572 g/mol. The van der Waals surface area contributed by atoms with Crippen LogP contribution in [0.1, 0.15) is 219 Å². The summed E-state index contributed by atoms with van der Waals surface area (Å²) in [6, 6.07) is 0. The van der Waals surface area contributed by atoms with Crippen LogP contribution in [0.4, 0.5) is 0 Å². The Hall–Kier alpha value is 0.480. The molecule has 1 heteroatoms. The molecule has 218 valence electrons. The van der Waals surface area contributed by atoms with Crippen molar-refractivity contribution in [2.24, 2.45) is 0 Å². The van der Waals surface area contributed by atoms with Gasteiger partial charge in [0.15, 0.2) is 0 Å². The Morgan fingerprint density at radius 3 is 0.500 bits per heavy atom. The molecule has 0 bridgehead atoms. The van der Waals surface area contributed by atoms with Crippen LogP contribution in [0.15, 0.2) is 0 Å².